The van der Waals surface area contributed by atoms with Gasteiger partial charge in [0, 0.05) is 30.1 Å². The number of amides is 1. The van der Waals surface area contributed by atoms with E-state index in [1.54, 1.807) is 24.3 Å². The van der Waals surface area contributed by atoms with Gasteiger partial charge >= 0.3 is 0 Å². The molecule has 0 aliphatic heterocycles. The van der Waals surface area contributed by atoms with Crippen molar-refractivity contribution in [1.29, 1.82) is 0 Å². The molecule has 182 valence electrons. The zero-order valence-corrected chi connectivity index (χ0v) is 21.3. The molecule has 3 aromatic carbocycles. The van der Waals surface area contributed by atoms with Crippen molar-refractivity contribution >= 4 is 28.5 Å². The summed E-state index contributed by atoms with van der Waals surface area (Å²) in [4.78, 5) is 17.3. The molecule has 0 atom stereocenters. The zero-order valence-electron chi connectivity index (χ0n) is 20.6. The van der Waals surface area contributed by atoms with Crippen molar-refractivity contribution < 1.29 is 9.53 Å². The number of ether oxygens (including phenoxy) is 1. The molecule has 0 fully saturated rings. The van der Waals surface area contributed by atoms with Crippen LogP contribution in [0.15, 0.2) is 72.8 Å². The summed E-state index contributed by atoms with van der Waals surface area (Å²) in [5, 5.41) is 3.52. The molecule has 5 nitrogen and oxygen atoms in total. The molecule has 0 aliphatic rings. The number of carbonyl (C=O) groups excluding carboxylic acids is 1. The van der Waals surface area contributed by atoms with E-state index in [4.69, 9.17) is 21.3 Å². The van der Waals surface area contributed by atoms with Gasteiger partial charge in [0.1, 0.15) is 11.6 Å². The van der Waals surface area contributed by atoms with Crippen LogP contribution in [-0.4, -0.2) is 28.6 Å². The van der Waals surface area contributed by atoms with E-state index in [0.29, 0.717) is 30.2 Å². The van der Waals surface area contributed by atoms with Gasteiger partial charge in [-0.1, -0.05) is 62.7 Å². The predicted octanol–water partition coefficient (Wildman–Crippen LogP) is 6.43. The molecule has 1 amide bonds. The van der Waals surface area contributed by atoms with Gasteiger partial charge in [-0.15, -0.1) is 0 Å². The monoisotopic (exact) mass is 489 g/mol. The van der Waals surface area contributed by atoms with Gasteiger partial charge < -0.3 is 14.6 Å². The first kappa shape index (κ1) is 24.8. The molecule has 1 N–H and O–H groups in total. The van der Waals surface area contributed by atoms with Crippen LogP contribution >= 0.6 is 11.6 Å². The molecule has 4 aromatic rings. The Kier molecular flexibility index (Phi) is 7.76. The minimum Gasteiger partial charge on any atom is -0.494 e. The summed E-state index contributed by atoms with van der Waals surface area (Å²) in [6.07, 6.45) is 1.49. The summed E-state index contributed by atoms with van der Waals surface area (Å²) in [6, 6.07) is 23.4. The number of aromatic nitrogens is 2. The van der Waals surface area contributed by atoms with Gasteiger partial charge in [-0.3, -0.25) is 4.79 Å². The first-order valence-electron chi connectivity index (χ1n) is 12.0. The minimum absolute atomic E-state index is 0.130. The minimum atomic E-state index is -0.138. The predicted molar refractivity (Wildman–Crippen MR) is 142 cm³/mol. The number of aryl methyl sites for hydroxylation is 1. The summed E-state index contributed by atoms with van der Waals surface area (Å²) < 4.78 is 8.22. The number of para-hydroxylation sites is 2. The highest BCUT2D eigenvalue weighted by Gasteiger charge is 2.14. The molecule has 1 heterocycles. The Bertz CT molecular complexity index is 1290. The number of hydrogen-bond donors (Lipinski definition) is 1. The maximum absolute atomic E-state index is 12.5. The maximum Gasteiger partial charge on any atom is 0.251 e. The Morgan fingerprint density at radius 3 is 2.54 bits per heavy atom. The van der Waals surface area contributed by atoms with Crippen molar-refractivity contribution in [3.05, 3.63) is 94.8 Å². The summed E-state index contributed by atoms with van der Waals surface area (Å²) in [5.41, 5.74) is 4.03. The number of carbonyl (C=O) groups is 1. The van der Waals surface area contributed by atoms with Crippen molar-refractivity contribution in [2.45, 2.75) is 45.6 Å². The molecule has 0 bridgehead atoms. The van der Waals surface area contributed by atoms with Gasteiger partial charge in [-0.25, -0.2) is 4.98 Å². The second-order valence-electron chi connectivity index (χ2n) is 9.66. The average Bonchev–Trinajstić information content (AvgIpc) is 3.19. The molecular formula is C29H32ClN3O2. The van der Waals surface area contributed by atoms with Crippen molar-refractivity contribution in [1.82, 2.24) is 14.9 Å². The lowest BCUT2D eigenvalue weighted by Gasteiger charge is -2.19. The van der Waals surface area contributed by atoms with E-state index in [-0.39, 0.29) is 11.3 Å². The Morgan fingerprint density at radius 1 is 1.03 bits per heavy atom. The molecule has 0 saturated heterocycles. The highest BCUT2D eigenvalue weighted by atomic mass is 35.5. The zero-order chi connectivity index (χ0) is 24.8. The SMILES string of the molecule is CC(C)(C)c1ccc(OCCCn2c(CCNC(=O)c3cccc(Cl)c3)nc3ccccc32)cc1. The Hall–Kier alpha value is -3.31. The molecule has 1 aromatic heterocycles. The Morgan fingerprint density at radius 2 is 1.80 bits per heavy atom. The highest BCUT2D eigenvalue weighted by molar-refractivity contribution is 6.30. The largest absolute Gasteiger partial charge is 0.494 e. The second-order valence-corrected chi connectivity index (χ2v) is 10.1. The number of hydrogen-bond acceptors (Lipinski definition) is 3. The van der Waals surface area contributed by atoms with Crippen molar-refractivity contribution in [2.24, 2.45) is 0 Å². The Balaban J connectivity index is 1.35. The molecule has 0 unspecified atom stereocenters. The van der Waals surface area contributed by atoms with E-state index in [0.717, 1.165) is 35.6 Å². The van der Waals surface area contributed by atoms with Crippen molar-refractivity contribution in [3.63, 3.8) is 0 Å². The van der Waals surface area contributed by atoms with E-state index in [9.17, 15) is 4.79 Å². The molecule has 4 rings (SSSR count). The van der Waals surface area contributed by atoms with Crippen LogP contribution in [0.1, 0.15) is 48.9 Å². The van der Waals surface area contributed by atoms with Gasteiger partial charge in [0.25, 0.3) is 5.91 Å². The lowest BCUT2D eigenvalue weighted by atomic mass is 9.87. The number of rotatable bonds is 9. The molecule has 0 radical (unpaired) electrons. The normalized spacial score (nSPS) is 11.5. The molecular weight excluding hydrogens is 458 g/mol. The topological polar surface area (TPSA) is 56.1 Å². The van der Waals surface area contributed by atoms with Crippen molar-refractivity contribution in [3.8, 4) is 5.75 Å². The standard InChI is InChI=1S/C29H32ClN3O2/c1-29(2,3)22-12-14-24(15-13-22)35-19-7-18-33-26-11-5-4-10-25(26)32-27(33)16-17-31-28(34)21-8-6-9-23(30)20-21/h4-6,8-15,20H,7,16-19H2,1-3H3,(H,31,34). The van der Waals surface area contributed by atoms with Crippen LogP contribution < -0.4 is 10.1 Å². The van der Waals surface area contributed by atoms with Crippen LogP contribution in [0, 0.1) is 0 Å². The quantitative estimate of drug-likeness (QED) is 0.276. The van der Waals surface area contributed by atoms with Crippen LogP contribution in [0.3, 0.4) is 0 Å². The summed E-state index contributed by atoms with van der Waals surface area (Å²) >= 11 is 6.01. The molecule has 35 heavy (non-hydrogen) atoms. The first-order valence-corrected chi connectivity index (χ1v) is 12.4. The second kappa shape index (κ2) is 11.0. The smallest absolute Gasteiger partial charge is 0.251 e. The summed E-state index contributed by atoms with van der Waals surface area (Å²) in [5.74, 6) is 1.70. The lowest BCUT2D eigenvalue weighted by molar-refractivity contribution is 0.0954. The van der Waals surface area contributed by atoms with Gasteiger partial charge in [-0.05, 0) is 59.9 Å². The third kappa shape index (κ3) is 6.43. The van der Waals surface area contributed by atoms with E-state index in [2.05, 4.69) is 48.9 Å². The number of fused-ring (bicyclic) bond motifs is 1. The van der Waals surface area contributed by atoms with Gasteiger partial charge in [0.2, 0.25) is 0 Å². The molecule has 0 spiro atoms. The fourth-order valence-electron chi connectivity index (χ4n) is 4.05. The highest BCUT2D eigenvalue weighted by Crippen LogP contribution is 2.24. The van der Waals surface area contributed by atoms with Crippen LogP contribution in [0.5, 0.6) is 5.75 Å². The van der Waals surface area contributed by atoms with E-state index in [1.165, 1.54) is 5.56 Å². The van der Waals surface area contributed by atoms with Crippen LogP contribution in [-0.2, 0) is 18.4 Å². The molecule has 0 aliphatic carbocycles. The third-order valence-corrected chi connectivity index (χ3v) is 6.20. The van der Waals surface area contributed by atoms with Gasteiger partial charge in [0.15, 0.2) is 0 Å². The first-order chi connectivity index (χ1) is 16.8. The number of nitrogens with one attached hydrogen (secondary N) is 1. The van der Waals surface area contributed by atoms with Crippen molar-refractivity contribution in [2.75, 3.05) is 13.2 Å². The molecule has 0 saturated carbocycles. The number of benzene rings is 3. The van der Waals surface area contributed by atoms with E-state index < -0.39 is 0 Å². The fourth-order valence-corrected chi connectivity index (χ4v) is 4.24. The van der Waals surface area contributed by atoms with Gasteiger partial charge in [-0.2, -0.15) is 0 Å². The third-order valence-electron chi connectivity index (χ3n) is 5.97. The van der Waals surface area contributed by atoms with E-state index >= 15 is 0 Å². The Labute approximate surface area is 212 Å². The van der Waals surface area contributed by atoms with E-state index in [1.807, 2.05) is 30.3 Å². The van der Waals surface area contributed by atoms with Crippen LogP contribution in [0.4, 0.5) is 0 Å². The fraction of sp³-hybridized carbons (Fsp3) is 0.310. The van der Waals surface area contributed by atoms with Gasteiger partial charge in [0.05, 0.1) is 17.6 Å². The maximum atomic E-state index is 12.5. The average molecular weight is 490 g/mol. The van der Waals surface area contributed by atoms with Crippen LogP contribution in [0.25, 0.3) is 11.0 Å². The number of halogens is 1. The lowest BCUT2D eigenvalue weighted by Crippen LogP contribution is -2.26. The number of imidazole rings is 1. The summed E-state index contributed by atoms with van der Waals surface area (Å²) in [6.45, 7) is 8.52. The number of nitrogens with zero attached hydrogens (tertiary/aromatic N) is 2. The molecule has 6 heteroatoms. The van der Waals surface area contributed by atoms with Crippen LogP contribution in [0.2, 0.25) is 5.02 Å². The summed E-state index contributed by atoms with van der Waals surface area (Å²) in [7, 11) is 0.